The molecule has 3 aromatic rings. The van der Waals surface area contributed by atoms with E-state index >= 15 is 0 Å². The molecule has 0 radical (unpaired) electrons. The van der Waals surface area contributed by atoms with Crippen molar-refractivity contribution < 1.29 is 0 Å². The highest BCUT2D eigenvalue weighted by Gasteiger charge is 2.09. The normalized spacial score (nSPS) is 11.2. The maximum absolute atomic E-state index is 5.34. The summed E-state index contributed by atoms with van der Waals surface area (Å²) in [6.07, 6.45) is 1.79. The summed E-state index contributed by atoms with van der Waals surface area (Å²) in [5.74, 6) is 0.699. The van der Waals surface area contributed by atoms with Gasteiger partial charge in [-0.1, -0.05) is 29.8 Å². The highest BCUT2D eigenvalue weighted by molar-refractivity contribution is 7.71. The van der Waals surface area contributed by atoms with Crippen molar-refractivity contribution in [1.29, 1.82) is 0 Å². The minimum absolute atomic E-state index is 0.469. The molecule has 0 aliphatic carbocycles. The van der Waals surface area contributed by atoms with Crippen LogP contribution in [0.15, 0.2) is 53.6 Å². The molecule has 0 bridgehead atoms. The van der Waals surface area contributed by atoms with E-state index in [1.807, 2.05) is 12.1 Å². The number of aryl methyl sites for hydroxylation is 1. The molecular formula is C20H23N5S. The highest BCUT2D eigenvalue weighted by Crippen LogP contribution is 2.22. The molecule has 26 heavy (non-hydrogen) atoms. The smallest absolute Gasteiger partial charge is 0.216 e. The van der Waals surface area contributed by atoms with Gasteiger partial charge in [-0.05, 0) is 62.8 Å². The number of rotatable bonds is 6. The zero-order valence-corrected chi connectivity index (χ0v) is 16.1. The van der Waals surface area contributed by atoms with Crippen molar-refractivity contribution in [3.63, 3.8) is 0 Å². The second kappa shape index (κ2) is 8.10. The van der Waals surface area contributed by atoms with E-state index < -0.39 is 0 Å². The van der Waals surface area contributed by atoms with Crippen LogP contribution in [-0.4, -0.2) is 34.2 Å². The molecule has 6 heteroatoms. The largest absolute Gasteiger partial charge is 0.372 e. The number of aromatic amines is 1. The van der Waals surface area contributed by atoms with Gasteiger partial charge in [-0.25, -0.2) is 5.10 Å². The first kappa shape index (κ1) is 18.1. The molecule has 0 spiro atoms. The van der Waals surface area contributed by atoms with Gasteiger partial charge in [0.15, 0.2) is 5.82 Å². The Hall–Kier alpha value is -2.73. The van der Waals surface area contributed by atoms with Crippen molar-refractivity contribution in [2.45, 2.75) is 20.8 Å². The number of hydrogen-bond donors (Lipinski definition) is 1. The van der Waals surface area contributed by atoms with Gasteiger partial charge in [-0.3, -0.25) is 0 Å². The van der Waals surface area contributed by atoms with Gasteiger partial charge in [-0.15, -0.1) is 0 Å². The van der Waals surface area contributed by atoms with Gasteiger partial charge in [0.2, 0.25) is 4.77 Å². The molecule has 0 aliphatic rings. The molecule has 1 heterocycles. The van der Waals surface area contributed by atoms with Gasteiger partial charge in [0.1, 0.15) is 0 Å². The molecule has 1 N–H and O–H groups in total. The summed E-state index contributed by atoms with van der Waals surface area (Å²) < 4.78 is 2.12. The number of nitrogens with one attached hydrogen (secondary N) is 1. The van der Waals surface area contributed by atoms with E-state index in [-0.39, 0.29) is 0 Å². The second-order valence-corrected chi connectivity index (χ2v) is 6.43. The first-order chi connectivity index (χ1) is 12.6. The summed E-state index contributed by atoms with van der Waals surface area (Å²) in [4.78, 5) is 2.30. The van der Waals surface area contributed by atoms with Gasteiger partial charge >= 0.3 is 0 Å². The third-order valence-corrected chi connectivity index (χ3v) is 4.57. The van der Waals surface area contributed by atoms with Crippen LogP contribution in [0.2, 0.25) is 0 Å². The van der Waals surface area contributed by atoms with Crippen LogP contribution in [0.4, 0.5) is 5.69 Å². The van der Waals surface area contributed by atoms with E-state index in [4.69, 9.17) is 12.2 Å². The first-order valence-corrected chi connectivity index (χ1v) is 9.17. The number of H-pyrrole nitrogens is 1. The lowest BCUT2D eigenvalue weighted by atomic mass is 10.2. The van der Waals surface area contributed by atoms with E-state index in [1.54, 1.807) is 10.9 Å². The summed E-state index contributed by atoms with van der Waals surface area (Å²) in [5, 5.41) is 11.7. The molecule has 0 aliphatic heterocycles. The average Bonchev–Trinajstić information content (AvgIpc) is 3.03. The number of hydrogen-bond acceptors (Lipinski definition) is 4. The van der Waals surface area contributed by atoms with Crippen LogP contribution in [0.25, 0.3) is 11.4 Å². The van der Waals surface area contributed by atoms with E-state index in [2.05, 4.69) is 77.4 Å². The fraction of sp³-hybridized carbons (Fsp3) is 0.250. The van der Waals surface area contributed by atoms with Crippen LogP contribution >= 0.6 is 12.2 Å². The Labute approximate surface area is 159 Å². The Kier molecular flexibility index (Phi) is 5.63. The molecule has 0 saturated heterocycles. The first-order valence-electron chi connectivity index (χ1n) is 8.76. The third-order valence-electron chi connectivity index (χ3n) is 4.30. The fourth-order valence-corrected chi connectivity index (χ4v) is 2.95. The van der Waals surface area contributed by atoms with Crippen LogP contribution in [-0.2, 0) is 0 Å². The van der Waals surface area contributed by atoms with Crippen LogP contribution in [0, 0.1) is 11.7 Å². The minimum atomic E-state index is 0.469. The zero-order chi connectivity index (χ0) is 18.5. The topological polar surface area (TPSA) is 49.2 Å². The van der Waals surface area contributed by atoms with Crippen LogP contribution in [0.3, 0.4) is 0 Å². The van der Waals surface area contributed by atoms with Crippen molar-refractivity contribution in [2.24, 2.45) is 5.10 Å². The van der Waals surface area contributed by atoms with Crippen LogP contribution < -0.4 is 4.90 Å². The SMILES string of the molecule is CCN(CC)c1ccc(-c2n[nH]c(=S)n2N=Cc2ccc(C)cc2)cc1. The van der Waals surface area contributed by atoms with Gasteiger partial charge < -0.3 is 4.90 Å². The van der Waals surface area contributed by atoms with Gasteiger partial charge in [-0.2, -0.15) is 14.9 Å². The molecule has 0 unspecified atom stereocenters. The van der Waals surface area contributed by atoms with Gasteiger partial charge in [0, 0.05) is 24.3 Å². The molecule has 1 aromatic heterocycles. The van der Waals surface area contributed by atoms with Crippen molar-refractivity contribution in [3.8, 4) is 11.4 Å². The van der Waals surface area contributed by atoms with E-state index in [9.17, 15) is 0 Å². The average molecular weight is 366 g/mol. The maximum atomic E-state index is 5.34. The second-order valence-electron chi connectivity index (χ2n) is 6.04. The van der Waals surface area contributed by atoms with Crippen molar-refractivity contribution in [2.75, 3.05) is 18.0 Å². The summed E-state index contributed by atoms with van der Waals surface area (Å²) >= 11 is 5.34. The van der Waals surface area contributed by atoms with Gasteiger partial charge in [0.05, 0.1) is 6.21 Å². The summed E-state index contributed by atoms with van der Waals surface area (Å²) in [6.45, 7) is 8.34. The van der Waals surface area contributed by atoms with Crippen molar-refractivity contribution >= 4 is 24.1 Å². The molecule has 0 fully saturated rings. The molecule has 3 rings (SSSR count). The molecule has 0 amide bonds. The Bertz CT molecular complexity index is 932. The molecule has 0 saturated carbocycles. The van der Waals surface area contributed by atoms with Crippen molar-refractivity contribution in [1.82, 2.24) is 14.9 Å². The van der Waals surface area contributed by atoms with Gasteiger partial charge in [0.25, 0.3) is 0 Å². The van der Waals surface area contributed by atoms with Crippen LogP contribution in [0.1, 0.15) is 25.0 Å². The summed E-state index contributed by atoms with van der Waals surface area (Å²) in [5.41, 5.74) is 4.40. The lowest BCUT2D eigenvalue weighted by molar-refractivity contribution is 0.864. The van der Waals surface area contributed by atoms with Crippen molar-refractivity contribution in [3.05, 3.63) is 64.4 Å². The monoisotopic (exact) mass is 365 g/mol. The Morgan fingerprint density at radius 1 is 1.08 bits per heavy atom. The lowest BCUT2D eigenvalue weighted by Gasteiger charge is -2.20. The van der Waals surface area contributed by atoms with E-state index in [0.29, 0.717) is 10.6 Å². The predicted octanol–water partition coefficient (Wildman–Crippen LogP) is 4.64. The van der Waals surface area contributed by atoms with E-state index in [0.717, 1.165) is 24.2 Å². The Morgan fingerprint density at radius 2 is 1.73 bits per heavy atom. The molecule has 2 aromatic carbocycles. The molecule has 5 nitrogen and oxygen atoms in total. The predicted molar refractivity (Wildman–Crippen MR) is 111 cm³/mol. The van der Waals surface area contributed by atoms with Crippen LogP contribution in [0.5, 0.6) is 0 Å². The highest BCUT2D eigenvalue weighted by atomic mass is 32.1. The Balaban J connectivity index is 1.90. The standard InChI is InChI=1S/C20H23N5S/c1-4-24(5-2)18-12-10-17(11-13-18)19-22-23-20(26)25(19)21-14-16-8-6-15(3)7-9-16/h6-14H,4-5H2,1-3H3,(H,23,26). The summed E-state index contributed by atoms with van der Waals surface area (Å²) in [7, 11) is 0. The molecular weight excluding hydrogens is 342 g/mol. The lowest BCUT2D eigenvalue weighted by Crippen LogP contribution is -2.21. The summed E-state index contributed by atoms with van der Waals surface area (Å²) in [6, 6.07) is 16.5. The number of benzene rings is 2. The zero-order valence-electron chi connectivity index (χ0n) is 15.3. The number of aromatic nitrogens is 3. The minimum Gasteiger partial charge on any atom is -0.372 e. The fourth-order valence-electron chi connectivity index (χ4n) is 2.77. The number of nitrogens with zero attached hydrogens (tertiary/aromatic N) is 4. The quantitative estimate of drug-likeness (QED) is 0.511. The molecule has 134 valence electrons. The maximum Gasteiger partial charge on any atom is 0.216 e. The Morgan fingerprint density at radius 3 is 2.35 bits per heavy atom. The third kappa shape index (κ3) is 3.91. The molecule has 0 atom stereocenters. The number of anilines is 1. The van der Waals surface area contributed by atoms with E-state index in [1.165, 1.54) is 11.3 Å².